The molecule has 0 saturated heterocycles. The Morgan fingerprint density at radius 2 is 1.61 bits per heavy atom. The molecule has 0 unspecified atom stereocenters. The molecular weight excluding hydrogens is 216 g/mol. The van der Waals surface area contributed by atoms with E-state index in [4.69, 9.17) is 0 Å². The predicted octanol–water partition coefficient (Wildman–Crippen LogP) is 5.71. The van der Waals surface area contributed by atoms with E-state index in [1.807, 2.05) is 0 Å². The van der Waals surface area contributed by atoms with E-state index in [1.165, 1.54) is 56.9 Å². The molecule has 1 fully saturated rings. The number of benzene rings is 1. The zero-order chi connectivity index (χ0) is 12.8. The van der Waals surface area contributed by atoms with Gasteiger partial charge in [-0.05, 0) is 48.6 Å². The molecule has 1 saturated carbocycles. The van der Waals surface area contributed by atoms with Crippen molar-refractivity contribution in [2.75, 3.05) is 0 Å². The second-order valence-electron chi connectivity index (χ2n) is 6.16. The van der Waals surface area contributed by atoms with Crippen LogP contribution in [0.4, 0.5) is 0 Å². The quantitative estimate of drug-likeness (QED) is 0.582. The Hall–Kier alpha value is -0.780. The summed E-state index contributed by atoms with van der Waals surface area (Å²) in [5.41, 5.74) is 3.11. The first-order valence-corrected chi connectivity index (χ1v) is 7.88. The van der Waals surface area contributed by atoms with Gasteiger partial charge in [0.1, 0.15) is 0 Å². The van der Waals surface area contributed by atoms with Gasteiger partial charge in [-0.25, -0.2) is 0 Å². The van der Waals surface area contributed by atoms with E-state index in [0.717, 1.165) is 11.8 Å². The van der Waals surface area contributed by atoms with E-state index in [9.17, 15) is 0 Å². The van der Waals surface area contributed by atoms with Crippen molar-refractivity contribution in [3.8, 4) is 0 Å². The van der Waals surface area contributed by atoms with E-state index in [2.05, 4.69) is 38.1 Å². The second kappa shape index (κ2) is 6.97. The van der Waals surface area contributed by atoms with Crippen LogP contribution in [0.2, 0.25) is 0 Å². The van der Waals surface area contributed by atoms with Crippen LogP contribution in [0.1, 0.15) is 75.8 Å². The van der Waals surface area contributed by atoms with E-state index < -0.39 is 0 Å². The average Bonchev–Trinajstić information content (AvgIpc) is 2.41. The molecule has 1 aliphatic rings. The highest BCUT2D eigenvalue weighted by Crippen LogP contribution is 2.35. The smallest absolute Gasteiger partial charge is 0.0162 e. The van der Waals surface area contributed by atoms with Crippen molar-refractivity contribution in [1.29, 1.82) is 0 Å². The number of aryl methyl sites for hydroxylation is 1. The molecule has 0 amide bonds. The van der Waals surface area contributed by atoms with Gasteiger partial charge in [0, 0.05) is 0 Å². The molecule has 100 valence electrons. The highest BCUT2D eigenvalue weighted by atomic mass is 14.2. The summed E-state index contributed by atoms with van der Waals surface area (Å²) in [7, 11) is 0. The van der Waals surface area contributed by atoms with Gasteiger partial charge in [-0.1, -0.05) is 63.8 Å². The van der Waals surface area contributed by atoms with E-state index in [-0.39, 0.29) is 0 Å². The van der Waals surface area contributed by atoms with Crippen LogP contribution in [0, 0.1) is 5.92 Å². The summed E-state index contributed by atoms with van der Waals surface area (Å²) < 4.78 is 0. The van der Waals surface area contributed by atoms with E-state index in [1.54, 1.807) is 5.56 Å². The fourth-order valence-corrected chi connectivity index (χ4v) is 3.13. The lowest BCUT2D eigenvalue weighted by molar-refractivity contribution is 0.348. The number of hydrogen-bond acceptors (Lipinski definition) is 0. The van der Waals surface area contributed by atoms with Gasteiger partial charge in [-0.15, -0.1) is 0 Å². The first kappa shape index (κ1) is 13.6. The van der Waals surface area contributed by atoms with Crippen molar-refractivity contribution in [3.05, 3.63) is 35.4 Å². The minimum absolute atomic E-state index is 0.839. The molecule has 1 aromatic rings. The minimum Gasteiger partial charge on any atom is -0.0654 e. The Morgan fingerprint density at radius 3 is 2.22 bits per heavy atom. The SMILES string of the molecule is CCCCCc1ccc(C2CCC(C)CC2)cc1. The molecule has 0 aromatic heterocycles. The minimum atomic E-state index is 0.839. The summed E-state index contributed by atoms with van der Waals surface area (Å²) in [5, 5.41) is 0. The molecule has 0 N–H and O–H groups in total. The van der Waals surface area contributed by atoms with Gasteiger partial charge in [0.15, 0.2) is 0 Å². The Kier molecular flexibility index (Phi) is 5.28. The Labute approximate surface area is 113 Å². The van der Waals surface area contributed by atoms with Crippen LogP contribution in [0.15, 0.2) is 24.3 Å². The molecule has 0 bridgehead atoms. The van der Waals surface area contributed by atoms with Crippen LogP contribution in [0.5, 0.6) is 0 Å². The zero-order valence-electron chi connectivity index (χ0n) is 12.1. The lowest BCUT2D eigenvalue weighted by Gasteiger charge is -2.26. The van der Waals surface area contributed by atoms with E-state index >= 15 is 0 Å². The summed E-state index contributed by atoms with van der Waals surface area (Å²) in [5.74, 6) is 1.79. The summed E-state index contributed by atoms with van der Waals surface area (Å²) in [4.78, 5) is 0. The van der Waals surface area contributed by atoms with Crippen molar-refractivity contribution in [2.24, 2.45) is 5.92 Å². The van der Waals surface area contributed by atoms with Gasteiger partial charge in [-0.3, -0.25) is 0 Å². The average molecular weight is 244 g/mol. The normalized spacial score (nSPS) is 24.1. The van der Waals surface area contributed by atoms with Gasteiger partial charge in [0.2, 0.25) is 0 Å². The van der Waals surface area contributed by atoms with Crippen molar-refractivity contribution in [1.82, 2.24) is 0 Å². The van der Waals surface area contributed by atoms with Crippen molar-refractivity contribution in [3.63, 3.8) is 0 Å². The van der Waals surface area contributed by atoms with Crippen molar-refractivity contribution >= 4 is 0 Å². The van der Waals surface area contributed by atoms with Gasteiger partial charge in [-0.2, -0.15) is 0 Å². The number of unbranched alkanes of at least 4 members (excludes halogenated alkanes) is 2. The molecule has 0 heterocycles. The maximum Gasteiger partial charge on any atom is -0.0162 e. The second-order valence-corrected chi connectivity index (χ2v) is 6.16. The molecule has 0 aliphatic heterocycles. The van der Waals surface area contributed by atoms with Crippen LogP contribution >= 0.6 is 0 Å². The predicted molar refractivity (Wildman–Crippen MR) is 80.0 cm³/mol. The molecule has 2 rings (SSSR count). The molecule has 0 atom stereocenters. The van der Waals surface area contributed by atoms with Crippen molar-refractivity contribution < 1.29 is 0 Å². The molecule has 0 nitrogen and oxygen atoms in total. The number of rotatable bonds is 5. The largest absolute Gasteiger partial charge is 0.0654 e. The molecule has 1 aliphatic carbocycles. The van der Waals surface area contributed by atoms with E-state index in [0.29, 0.717) is 0 Å². The lowest BCUT2D eigenvalue weighted by Crippen LogP contribution is -2.10. The summed E-state index contributed by atoms with van der Waals surface area (Å²) >= 11 is 0. The van der Waals surface area contributed by atoms with Crippen molar-refractivity contribution in [2.45, 2.75) is 71.1 Å². The Balaban J connectivity index is 1.87. The summed E-state index contributed by atoms with van der Waals surface area (Å²) in [6.07, 6.45) is 10.9. The molecule has 0 spiro atoms. The third-order valence-electron chi connectivity index (χ3n) is 4.54. The summed E-state index contributed by atoms with van der Waals surface area (Å²) in [6, 6.07) is 9.51. The standard InChI is InChI=1S/C18H28/c1-3-4-5-6-16-9-13-18(14-10-16)17-11-7-15(2)8-12-17/h9-10,13-15,17H,3-8,11-12H2,1-2H3. The van der Waals surface area contributed by atoms with Crippen LogP contribution in [-0.2, 0) is 6.42 Å². The number of hydrogen-bond donors (Lipinski definition) is 0. The monoisotopic (exact) mass is 244 g/mol. The van der Waals surface area contributed by atoms with Gasteiger partial charge >= 0.3 is 0 Å². The maximum absolute atomic E-state index is 2.40. The highest BCUT2D eigenvalue weighted by Gasteiger charge is 2.19. The zero-order valence-corrected chi connectivity index (χ0v) is 12.1. The molecular formula is C18H28. The fraction of sp³-hybridized carbons (Fsp3) is 0.667. The molecule has 0 radical (unpaired) electrons. The summed E-state index contributed by atoms with van der Waals surface area (Å²) in [6.45, 7) is 4.67. The topological polar surface area (TPSA) is 0 Å². The molecule has 0 heteroatoms. The Bertz CT molecular complexity index is 328. The first-order chi connectivity index (χ1) is 8.79. The van der Waals surface area contributed by atoms with Gasteiger partial charge in [0.05, 0.1) is 0 Å². The molecule has 1 aromatic carbocycles. The van der Waals surface area contributed by atoms with Crippen LogP contribution < -0.4 is 0 Å². The van der Waals surface area contributed by atoms with Crippen LogP contribution in [0.3, 0.4) is 0 Å². The van der Waals surface area contributed by atoms with Crippen LogP contribution in [0.25, 0.3) is 0 Å². The fourth-order valence-electron chi connectivity index (χ4n) is 3.13. The molecule has 18 heavy (non-hydrogen) atoms. The lowest BCUT2D eigenvalue weighted by atomic mass is 9.79. The maximum atomic E-state index is 2.40. The van der Waals surface area contributed by atoms with Gasteiger partial charge < -0.3 is 0 Å². The van der Waals surface area contributed by atoms with Crippen LogP contribution in [-0.4, -0.2) is 0 Å². The van der Waals surface area contributed by atoms with Gasteiger partial charge in [0.25, 0.3) is 0 Å². The Morgan fingerprint density at radius 1 is 0.944 bits per heavy atom. The highest BCUT2D eigenvalue weighted by molar-refractivity contribution is 5.25. The third-order valence-corrected chi connectivity index (χ3v) is 4.54. The third kappa shape index (κ3) is 3.86. The first-order valence-electron chi connectivity index (χ1n) is 7.88.